The van der Waals surface area contributed by atoms with Crippen LogP contribution in [0.5, 0.6) is 0 Å². The van der Waals surface area contributed by atoms with Gasteiger partial charge in [0.2, 0.25) is 0 Å². The van der Waals surface area contributed by atoms with E-state index in [0.29, 0.717) is 17.8 Å². The van der Waals surface area contributed by atoms with Gasteiger partial charge in [0, 0.05) is 24.3 Å². The molecule has 1 aromatic rings. The van der Waals surface area contributed by atoms with Gasteiger partial charge in [-0.3, -0.25) is 4.79 Å². The van der Waals surface area contributed by atoms with Crippen LogP contribution >= 0.6 is 0 Å². The molecule has 1 atom stereocenters. The number of benzene rings is 1. The standard InChI is InChI=1S/C14H22N4O3/c1-14(21,9-18(2)3)8-16-12(19)10-4-6-11(7-5-10)17-13(15)20/h4-7,21H,8-9H2,1-3H3,(H,16,19)(H3,15,17,20). The molecular weight excluding hydrogens is 272 g/mol. The van der Waals surface area contributed by atoms with Crippen molar-refractivity contribution >= 4 is 17.6 Å². The second kappa shape index (κ2) is 7.05. The topological polar surface area (TPSA) is 108 Å². The third kappa shape index (κ3) is 6.24. The predicted molar refractivity (Wildman–Crippen MR) is 81.2 cm³/mol. The van der Waals surface area contributed by atoms with Gasteiger partial charge in [-0.25, -0.2) is 4.79 Å². The summed E-state index contributed by atoms with van der Waals surface area (Å²) in [7, 11) is 3.70. The Labute approximate surface area is 124 Å². The number of carbonyl (C=O) groups excluding carboxylic acids is 2. The molecule has 3 amide bonds. The summed E-state index contributed by atoms with van der Waals surface area (Å²) >= 11 is 0. The Kier molecular flexibility index (Phi) is 5.69. The average molecular weight is 294 g/mol. The van der Waals surface area contributed by atoms with Crippen LogP contribution in [0.25, 0.3) is 0 Å². The lowest BCUT2D eigenvalue weighted by atomic mass is 10.1. The second-order valence-electron chi connectivity index (χ2n) is 5.48. The average Bonchev–Trinajstić information content (AvgIpc) is 2.34. The van der Waals surface area contributed by atoms with Crippen LogP contribution in [0.2, 0.25) is 0 Å². The molecule has 1 rings (SSSR count). The van der Waals surface area contributed by atoms with E-state index < -0.39 is 11.6 Å². The van der Waals surface area contributed by atoms with E-state index in [-0.39, 0.29) is 12.5 Å². The molecule has 0 spiro atoms. The molecule has 0 bridgehead atoms. The van der Waals surface area contributed by atoms with Crippen LogP contribution in [0.15, 0.2) is 24.3 Å². The minimum Gasteiger partial charge on any atom is -0.387 e. The molecule has 0 heterocycles. The molecule has 0 radical (unpaired) electrons. The van der Waals surface area contributed by atoms with Gasteiger partial charge < -0.3 is 26.4 Å². The SMILES string of the molecule is CN(C)CC(C)(O)CNC(=O)c1ccc(NC(N)=O)cc1. The van der Waals surface area contributed by atoms with Crippen molar-refractivity contribution in [3.05, 3.63) is 29.8 Å². The fourth-order valence-electron chi connectivity index (χ4n) is 1.96. The van der Waals surface area contributed by atoms with Gasteiger partial charge in [0.05, 0.1) is 5.60 Å². The van der Waals surface area contributed by atoms with Crippen molar-refractivity contribution in [3.8, 4) is 0 Å². The first-order valence-electron chi connectivity index (χ1n) is 6.51. The number of primary amides is 1. The Morgan fingerprint density at radius 2 is 1.86 bits per heavy atom. The van der Waals surface area contributed by atoms with Gasteiger partial charge in [0.15, 0.2) is 0 Å². The first-order chi connectivity index (χ1) is 9.69. The maximum atomic E-state index is 12.0. The molecular formula is C14H22N4O3. The van der Waals surface area contributed by atoms with Crippen LogP contribution in [0.1, 0.15) is 17.3 Å². The fraction of sp³-hybridized carbons (Fsp3) is 0.429. The molecule has 7 nitrogen and oxygen atoms in total. The molecule has 0 aliphatic heterocycles. The number of hydrogen-bond acceptors (Lipinski definition) is 4. The van der Waals surface area contributed by atoms with Gasteiger partial charge >= 0.3 is 6.03 Å². The van der Waals surface area contributed by atoms with Gasteiger partial charge in [-0.05, 0) is 45.3 Å². The summed E-state index contributed by atoms with van der Waals surface area (Å²) in [4.78, 5) is 24.5. The summed E-state index contributed by atoms with van der Waals surface area (Å²) in [6.07, 6.45) is 0. The minimum absolute atomic E-state index is 0.144. The zero-order valence-corrected chi connectivity index (χ0v) is 12.5. The number of hydrogen-bond donors (Lipinski definition) is 4. The molecule has 0 aromatic heterocycles. The lowest BCUT2D eigenvalue weighted by Gasteiger charge is -2.27. The van der Waals surface area contributed by atoms with Gasteiger partial charge in [0.25, 0.3) is 5.91 Å². The van der Waals surface area contributed by atoms with Crippen molar-refractivity contribution in [2.45, 2.75) is 12.5 Å². The van der Waals surface area contributed by atoms with Gasteiger partial charge in [-0.1, -0.05) is 0 Å². The maximum absolute atomic E-state index is 12.0. The number of rotatable bonds is 6. The van der Waals surface area contributed by atoms with Crippen LogP contribution in [-0.4, -0.2) is 54.7 Å². The molecule has 7 heteroatoms. The summed E-state index contributed by atoms with van der Waals surface area (Å²) in [5, 5.41) is 15.2. The molecule has 5 N–H and O–H groups in total. The van der Waals surface area contributed by atoms with Gasteiger partial charge in [-0.2, -0.15) is 0 Å². The Morgan fingerprint density at radius 1 is 1.29 bits per heavy atom. The Balaban J connectivity index is 2.58. The minimum atomic E-state index is -1.01. The van der Waals surface area contributed by atoms with Crippen LogP contribution in [-0.2, 0) is 0 Å². The van der Waals surface area contributed by atoms with E-state index in [9.17, 15) is 14.7 Å². The number of nitrogens with two attached hydrogens (primary N) is 1. The van der Waals surface area contributed by atoms with Crippen molar-refractivity contribution in [3.63, 3.8) is 0 Å². The fourth-order valence-corrected chi connectivity index (χ4v) is 1.96. The summed E-state index contributed by atoms with van der Waals surface area (Å²) in [5.74, 6) is -0.292. The highest BCUT2D eigenvalue weighted by Gasteiger charge is 2.22. The number of anilines is 1. The number of aliphatic hydroxyl groups is 1. The van der Waals surface area contributed by atoms with E-state index in [1.807, 2.05) is 19.0 Å². The van der Waals surface area contributed by atoms with Crippen LogP contribution in [0, 0.1) is 0 Å². The number of nitrogens with zero attached hydrogens (tertiary/aromatic N) is 1. The third-order valence-electron chi connectivity index (χ3n) is 2.70. The predicted octanol–water partition coefficient (Wildman–Crippen LogP) is 0.220. The monoisotopic (exact) mass is 294 g/mol. The lowest BCUT2D eigenvalue weighted by molar-refractivity contribution is 0.0326. The molecule has 0 fully saturated rings. The normalized spacial score (nSPS) is 13.6. The van der Waals surface area contributed by atoms with Gasteiger partial charge in [-0.15, -0.1) is 0 Å². The van der Waals surface area contributed by atoms with E-state index in [4.69, 9.17) is 5.73 Å². The second-order valence-corrected chi connectivity index (χ2v) is 5.48. The van der Waals surface area contributed by atoms with E-state index in [0.717, 1.165) is 0 Å². The number of carbonyl (C=O) groups is 2. The first-order valence-corrected chi connectivity index (χ1v) is 6.51. The summed E-state index contributed by atoms with van der Waals surface area (Å²) < 4.78 is 0. The van der Waals surface area contributed by atoms with Crippen molar-refractivity contribution < 1.29 is 14.7 Å². The van der Waals surface area contributed by atoms with E-state index in [1.165, 1.54) is 0 Å². The van der Waals surface area contributed by atoms with Crippen molar-refractivity contribution in [2.24, 2.45) is 5.73 Å². The van der Waals surface area contributed by atoms with Crippen molar-refractivity contribution in [2.75, 3.05) is 32.5 Å². The Hall–Kier alpha value is -2.12. The van der Waals surface area contributed by atoms with Crippen LogP contribution < -0.4 is 16.4 Å². The zero-order valence-electron chi connectivity index (χ0n) is 12.5. The first kappa shape index (κ1) is 16.9. The molecule has 1 aromatic carbocycles. The van der Waals surface area contributed by atoms with E-state index >= 15 is 0 Å². The summed E-state index contributed by atoms with van der Waals surface area (Å²) in [6, 6.07) is 5.64. The molecule has 0 saturated heterocycles. The highest BCUT2D eigenvalue weighted by molar-refractivity contribution is 5.95. The number of likely N-dealkylation sites (N-methyl/N-ethyl adjacent to an activating group) is 1. The Bertz CT molecular complexity index is 497. The lowest BCUT2D eigenvalue weighted by Crippen LogP contribution is -2.47. The maximum Gasteiger partial charge on any atom is 0.316 e. The zero-order chi connectivity index (χ0) is 16.0. The number of urea groups is 1. The Morgan fingerprint density at radius 3 is 2.33 bits per heavy atom. The highest BCUT2D eigenvalue weighted by atomic mass is 16.3. The van der Waals surface area contributed by atoms with Crippen molar-refractivity contribution in [1.82, 2.24) is 10.2 Å². The molecule has 1 unspecified atom stereocenters. The quantitative estimate of drug-likeness (QED) is 0.602. The number of amides is 3. The third-order valence-corrected chi connectivity index (χ3v) is 2.70. The van der Waals surface area contributed by atoms with E-state index in [1.54, 1.807) is 31.2 Å². The molecule has 0 aliphatic carbocycles. The molecule has 0 saturated carbocycles. The highest BCUT2D eigenvalue weighted by Crippen LogP contribution is 2.10. The van der Waals surface area contributed by atoms with Crippen LogP contribution in [0.4, 0.5) is 10.5 Å². The van der Waals surface area contributed by atoms with Crippen molar-refractivity contribution in [1.29, 1.82) is 0 Å². The summed E-state index contributed by atoms with van der Waals surface area (Å²) in [6.45, 7) is 2.24. The largest absolute Gasteiger partial charge is 0.387 e. The molecule has 21 heavy (non-hydrogen) atoms. The smallest absolute Gasteiger partial charge is 0.316 e. The molecule has 0 aliphatic rings. The van der Waals surface area contributed by atoms with Gasteiger partial charge in [0.1, 0.15) is 0 Å². The summed E-state index contributed by atoms with van der Waals surface area (Å²) in [5.41, 5.74) is 4.94. The van der Waals surface area contributed by atoms with E-state index in [2.05, 4.69) is 10.6 Å². The molecule has 116 valence electrons. The number of nitrogens with one attached hydrogen (secondary N) is 2. The van der Waals surface area contributed by atoms with Crippen LogP contribution in [0.3, 0.4) is 0 Å².